The van der Waals surface area contributed by atoms with E-state index in [1.807, 2.05) is 30.3 Å². The number of ether oxygens (including phenoxy) is 1. The molecule has 1 aromatic heterocycles. The fourth-order valence-electron chi connectivity index (χ4n) is 4.63. The van der Waals surface area contributed by atoms with Crippen LogP contribution < -0.4 is 4.74 Å². The molecule has 2 aliphatic rings. The molecule has 1 saturated carbocycles. The Hall–Kier alpha value is -2.11. The van der Waals surface area contributed by atoms with Crippen LogP contribution in [0, 0.1) is 11.8 Å². The number of rotatable bonds is 5. The molecular formula is C21H26N2O3. The zero-order valence-electron chi connectivity index (χ0n) is 15.1. The van der Waals surface area contributed by atoms with E-state index in [4.69, 9.17) is 4.74 Å². The molecule has 2 aromatic rings. The Balaban J connectivity index is 1.32. The fraction of sp³-hybridized carbons (Fsp3) is 0.476. The molecule has 0 bridgehead atoms. The van der Waals surface area contributed by atoms with E-state index in [1.54, 1.807) is 12.1 Å². The minimum Gasteiger partial charge on any atom is -0.506 e. The summed E-state index contributed by atoms with van der Waals surface area (Å²) in [4.78, 5) is 6.45. The summed E-state index contributed by atoms with van der Waals surface area (Å²) < 4.78 is 6.29. The molecule has 0 amide bonds. The Morgan fingerprint density at radius 3 is 2.46 bits per heavy atom. The molecule has 0 radical (unpaired) electrons. The van der Waals surface area contributed by atoms with Gasteiger partial charge in [0.2, 0.25) is 0 Å². The third-order valence-electron chi connectivity index (χ3n) is 5.69. The average Bonchev–Trinajstić information content (AvgIpc) is 3.10. The molecule has 4 rings (SSSR count). The minimum absolute atomic E-state index is 0.0973. The molecular weight excluding hydrogens is 328 g/mol. The predicted molar refractivity (Wildman–Crippen MR) is 99.0 cm³/mol. The lowest BCUT2D eigenvalue weighted by molar-refractivity contribution is 0.0736. The van der Waals surface area contributed by atoms with Crippen molar-refractivity contribution >= 4 is 0 Å². The van der Waals surface area contributed by atoms with Crippen LogP contribution in [0.3, 0.4) is 0 Å². The number of fused-ring (bicyclic) bond motifs is 1. The molecule has 2 fully saturated rings. The van der Waals surface area contributed by atoms with Gasteiger partial charge in [0.25, 0.3) is 0 Å². The van der Waals surface area contributed by atoms with Crippen LogP contribution in [0.15, 0.2) is 48.7 Å². The van der Waals surface area contributed by atoms with E-state index in [9.17, 15) is 10.2 Å². The van der Waals surface area contributed by atoms with Gasteiger partial charge in [0, 0.05) is 19.6 Å². The summed E-state index contributed by atoms with van der Waals surface area (Å²) in [7, 11) is 0. The highest BCUT2D eigenvalue weighted by Gasteiger charge is 2.48. The summed E-state index contributed by atoms with van der Waals surface area (Å²) in [5, 5.41) is 19.7. The topological polar surface area (TPSA) is 65.8 Å². The SMILES string of the molecule is C[C@@]1(Oc2ccccc2)C[C@H]2CN(C[C@H](O)c3ccc(O)cn3)C[C@H]2C1. The summed E-state index contributed by atoms with van der Waals surface area (Å²) in [6.07, 6.45) is 2.86. The number of hydrogen-bond acceptors (Lipinski definition) is 5. The van der Waals surface area contributed by atoms with Crippen LogP contribution in [0.5, 0.6) is 11.5 Å². The number of aliphatic hydroxyl groups is 1. The number of aromatic hydroxyl groups is 1. The molecule has 4 atom stereocenters. The van der Waals surface area contributed by atoms with Crippen molar-refractivity contribution in [3.05, 3.63) is 54.4 Å². The highest BCUT2D eigenvalue weighted by molar-refractivity contribution is 5.23. The number of aromatic nitrogens is 1. The van der Waals surface area contributed by atoms with Gasteiger partial charge in [-0.05, 0) is 55.9 Å². The molecule has 0 unspecified atom stereocenters. The van der Waals surface area contributed by atoms with Crippen molar-refractivity contribution < 1.29 is 14.9 Å². The monoisotopic (exact) mass is 354 g/mol. The normalized spacial score (nSPS) is 29.5. The van der Waals surface area contributed by atoms with E-state index in [-0.39, 0.29) is 11.4 Å². The number of likely N-dealkylation sites (tertiary alicyclic amines) is 1. The van der Waals surface area contributed by atoms with Gasteiger partial charge in [0.1, 0.15) is 23.2 Å². The molecule has 1 aromatic carbocycles. The van der Waals surface area contributed by atoms with Gasteiger partial charge in [-0.15, -0.1) is 0 Å². The van der Waals surface area contributed by atoms with E-state index in [0.717, 1.165) is 31.7 Å². The Morgan fingerprint density at radius 1 is 1.15 bits per heavy atom. The highest BCUT2D eigenvalue weighted by atomic mass is 16.5. The summed E-state index contributed by atoms with van der Waals surface area (Å²) in [5.74, 6) is 2.29. The largest absolute Gasteiger partial charge is 0.506 e. The first kappa shape index (κ1) is 17.3. The molecule has 26 heavy (non-hydrogen) atoms. The smallest absolute Gasteiger partial charge is 0.133 e. The van der Waals surface area contributed by atoms with Crippen molar-refractivity contribution in [1.82, 2.24) is 9.88 Å². The van der Waals surface area contributed by atoms with Gasteiger partial charge in [0.05, 0.1) is 11.9 Å². The lowest BCUT2D eigenvalue weighted by Crippen LogP contribution is -2.34. The quantitative estimate of drug-likeness (QED) is 0.864. The third-order valence-corrected chi connectivity index (χ3v) is 5.69. The first-order chi connectivity index (χ1) is 12.5. The van der Waals surface area contributed by atoms with Crippen LogP contribution in [0.1, 0.15) is 31.6 Å². The molecule has 1 aliphatic carbocycles. The van der Waals surface area contributed by atoms with Crippen molar-refractivity contribution in [3.8, 4) is 11.5 Å². The van der Waals surface area contributed by atoms with Crippen molar-refractivity contribution in [3.63, 3.8) is 0 Å². The number of hydrogen-bond donors (Lipinski definition) is 2. The van der Waals surface area contributed by atoms with Crippen molar-refractivity contribution in [1.29, 1.82) is 0 Å². The minimum atomic E-state index is -0.624. The number of para-hydroxylation sites is 1. The maximum atomic E-state index is 10.4. The summed E-state index contributed by atoms with van der Waals surface area (Å²) >= 11 is 0. The summed E-state index contributed by atoms with van der Waals surface area (Å²) in [6, 6.07) is 13.3. The molecule has 138 valence electrons. The van der Waals surface area contributed by atoms with E-state index < -0.39 is 6.10 Å². The van der Waals surface area contributed by atoms with Gasteiger partial charge in [-0.2, -0.15) is 0 Å². The summed E-state index contributed by atoms with van der Waals surface area (Å²) in [5.41, 5.74) is 0.511. The van der Waals surface area contributed by atoms with E-state index in [2.05, 4.69) is 16.8 Å². The summed E-state index contributed by atoms with van der Waals surface area (Å²) in [6.45, 7) is 4.79. The molecule has 1 saturated heterocycles. The fourth-order valence-corrected chi connectivity index (χ4v) is 4.63. The van der Waals surface area contributed by atoms with Crippen LogP contribution in [-0.4, -0.2) is 45.3 Å². The number of β-amino-alcohol motifs (C(OH)–C–C–N with tert-alkyl or cyclic N) is 1. The van der Waals surface area contributed by atoms with Gasteiger partial charge < -0.3 is 14.9 Å². The van der Waals surface area contributed by atoms with Crippen molar-refractivity contribution in [2.45, 2.75) is 31.5 Å². The highest BCUT2D eigenvalue weighted by Crippen LogP contribution is 2.46. The third kappa shape index (κ3) is 3.69. The van der Waals surface area contributed by atoms with Gasteiger partial charge in [0.15, 0.2) is 0 Å². The van der Waals surface area contributed by atoms with Crippen molar-refractivity contribution in [2.24, 2.45) is 11.8 Å². The zero-order valence-corrected chi connectivity index (χ0v) is 15.1. The second-order valence-electron chi connectivity index (χ2n) is 7.97. The Bertz CT molecular complexity index is 721. The molecule has 0 spiro atoms. The molecule has 5 nitrogen and oxygen atoms in total. The number of nitrogens with zero attached hydrogens (tertiary/aromatic N) is 2. The Kier molecular flexibility index (Phi) is 4.59. The van der Waals surface area contributed by atoms with Crippen LogP contribution in [0.25, 0.3) is 0 Å². The van der Waals surface area contributed by atoms with E-state index in [1.165, 1.54) is 6.20 Å². The predicted octanol–water partition coefficient (Wildman–Crippen LogP) is 3.00. The Morgan fingerprint density at radius 2 is 1.85 bits per heavy atom. The number of pyridine rings is 1. The Labute approximate surface area is 154 Å². The van der Waals surface area contributed by atoms with E-state index in [0.29, 0.717) is 24.1 Å². The van der Waals surface area contributed by atoms with Crippen molar-refractivity contribution in [2.75, 3.05) is 19.6 Å². The molecule has 2 N–H and O–H groups in total. The maximum absolute atomic E-state index is 10.4. The first-order valence-corrected chi connectivity index (χ1v) is 9.30. The van der Waals surface area contributed by atoms with Gasteiger partial charge in [-0.25, -0.2) is 0 Å². The van der Waals surface area contributed by atoms with Crippen LogP contribution in [-0.2, 0) is 0 Å². The van der Waals surface area contributed by atoms with E-state index >= 15 is 0 Å². The van der Waals surface area contributed by atoms with Crippen LogP contribution in [0.4, 0.5) is 0 Å². The van der Waals surface area contributed by atoms with Gasteiger partial charge in [-0.3, -0.25) is 9.88 Å². The van der Waals surface area contributed by atoms with Crippen LogP contribution in [0.2, 0.25) is 0 Å². The second-order valence-corrected chi connectivity index (χ2v) is 7.97. The number of benzene rings is 1. The van der Waals surface area contributed by atoms with Gasteiger partial charge >= 0.3 is 0 Å². The number of aliphatic hydroxyl groups excluding tert-OH is 1. The molecule has 1 aliphatic heterocycles. The molecule has 2 heterocycles. The lowest BCUT2D eigenvalue weighted by atomic mass is 10.0. The average molecular weight is 354 g/mol. The first-order valence-electron chi connectivity index (χ1n) is 9.30. The standard InChI is InChI=1S/C21H26N2O3/c1-21(26-18-5-3-2-4-6-18)9-15-12-23(13-16(15)10-21)14-20(25)19-8-7-17(24)11-22-19/h2-8,11,15-16,20,24-25H,9-10,12-14H2,1H3/t15-,16+,20-,21+/m0/s1. The zero-order chi connectivity index (χ0) is 18.1. The maximum Gasteiger partial charge on any atom is 0.133 e. The van der Waals surface area contributed by atoms with Gasteiger partial charge in [-0.1, -0.05) is 18.2 Å². The second kappa shape index (κ2) is 6.89. The van der Waals surface area contributed by atoms with Crippen LogP contribution >= 0.6 is 0 Å². The molecule has 5 heteroatoms. The lowest BCUT2D eigenvalue weighted by Gasteiger charge is -2.29.